The highest BCUT2D eigenvalue weighted by Crippen LogP contribution is 2.27. The zero-order chi connectivity index (χ0) is 18.8. The molecule has 3 aromatic rings. The van der Waals surface area contributed by atoms with E-state index in [1.165, 1.54) is 17.8 Å². The van der Waals surface area contributed by atoms with Gasteiger partial charge in [0, 0.05) is 11.3 Å². The van der Waals surface area contributed by atoms with Crippen LogP contribution in [0.5, 0.6) is 0 Å². The number of rotatable bonds is 5. The van der Waals surface area contributed by atoms with E-state index in [2.05, 4.69) is 10.2 Å². The number of carbonyl (C=O) groups is 1. The van der Waals surface area contributed by atoms with Crippen LogP contribution in [0.1, 0.15) is 28.7 Å². The second-order valence-corrected chi connectivity index (χ2v) is 7.26. The molecule has 0 fully saturated rings. The molecular formula is C19H17F2N3OS. The summed E-state index contributed by atoms with van der Waals surface area (Å²) in [6, 6.07) is 11.0. The van der Waals surface area contributed by atoms with Crippen molar-refractivity contribution in [2.24, 2.45) is 0 Å². The zero-order valence-electron chi connectivity index (χ0n) is 14.5. The molecule has 0 aliphatic heterocycles. The standard InChI is InChI=1S/C19H17F2N3OS/c1-11-4-7-15(8-5-11)24-13(3)22-23-19(24)26-12(2)18(25)14-6-9-16(20)17(21)10-14/h4-10,12H,1-3H3/t12-/m0/s1. The quantitative estimate of drug-likeness (QED) is 0.487. The van der Waals surface area contributed by atoms with Crippen molar-refractivity contribution in [3.05, 3.63) is 71.1 Å². The molecule has 1 aromatic heterocycles. The van der Waals surface area contributed by atoms with Gasteiger partial charge in [-0.1, -0.05) is 29.5 Å². The van der Waals surface area contributed by atoms with Crippen LogP contribution in [0.3, 0.4) is 0 Å². The lowest BCUT2D eigenvalue weighted by atomic mass is 10.1. The Hall–Kier alpha value is -2.54. The van der Waals surface area contributed by atoms with E-state index in [-0.39, 0.29) is 11.3 Å². The molecule has 134 valence electrons. The second kappa shape index (κ2) is 7.37. The van der Waals surface area contributed by atoms with Gasteiger partial charge in [-0.25, -0.2) is 8.78 Å². The first-order valence-corrected chi connectivity index (χ1v) is 8.90. The molecule has 7 heteroatoms. The number of benzene rings is 2. The van der Waals surface area contributed by atoms with Crippen LogP contribution in [0, 0.1) is 25.5 Å². The molecule has 0 bridgehead atoms. The van der Waals surface area contributed by atoms with Crippen molar-refractivity contribution in [2.45, 2.75) is 31.2 Å². The molecule has 0 aliphatic carbocycles. The Morgan fingerprint density at radius 1 is 1.04 bits per heavy atom. The van der Waals surface area contributed by atoms with Crippen molar-refractivity contribution in [1.29, 1.82) is 0 Å². The Kier molecular flexibility index (Phi) is 5.18. The van der Waals surface area contributed by atoms with Crippen molar-refractivity contribution in [3.8, 4) is 5.69 Å². The van der Waals surface area contributed by atoms with Crippen LogP contribution in [-0.2, 0) is 0 Å². The van der Waals surface area contributed by atoms with Crippen LogP contribution in [0.2, 0.25) is 0 Å². The van der Waals surface area contributed by atoms with E-state index in [0.717, 1.165) is 23.4 Å². The van der Waals surface area contributed by atoms with Gasteiger partial charge >= 0.3 is 0 Å². The lowest BCUT2D eigenvalue weighted by molar-refractivity contribution is 0.0993. The van der Waals surface area contributed by atoms with Crippen LogP contribution in [0.15, 0.2) is 47.6 Å². The van der Waals surface area contributed by atoms with Gasteiger partial charge in [0.1, 0.15) is 5.82 Å². The van der Waals surface area contributed by atoms with Gasteiger partial charge < -0.3 is 0 Å². The summed E-state index contributed by atoms with van der Waals surface area (Å²) in [6.45, 7) is 5.54. The Bertz CT molecular complexity index is 954. The fourth-order valence-corrected chi connectivity index (χ4v) is 3.50. The fraction of sp³-hybridized carbons (Fsp3) is 0.211. The van der Waals surface area contributed by atoms with E-state index in [0.29, 0.717) is 11.0 Å². The largest absolute Gasteiger partial charge is 0.293 e. The van der Waals surface area contributed by atoms with Crippen molar-refractivity contribution in [2.75, 3.05) is 0 Å². The summed E-state index contributed by atoms with van der Waals surface area (Å²) >= 11 is 1.23. The first-order valence-electron chi connectivity index (χ1n) is 8.02. The number of halogens is 2. The van der Waals surface area contributed by atoms with E-state index in [1.54, 1.807) is 6.92 Å². The minimum absolute atomic E-state index is 0.127. The molecule has 0 saturated carbocycles. The summed E-state index contributed by atoms with van der Waals surface area (Å²) in [4.78, 5) is 12.5. The molecule has 1 heterocycles. The molecule has 0 saturated heterocycles. The third-order valence-electron chi connectivity index (χ3n) is 3.94. The second-order valence-electron chi connectivity index (χ2n) is 5.95. The maximum atomic E-state index is 13.4. The highest BCUT2D eigenvalue weighted by molar-refractivity contribution is 8.00. The topological polar surface area (TPSA) is 47.8 Å². The number of aryl methyl sites for hydroxylation is 2. The summed E-state index contributed by atoms with van der Waals surface area (Å²) in [7, 11) is 0. The molecule has 0 aliphatic rings. The van der Waals surface area contributed by atoms with Gasteiger partial charge in [-0.2, -0.15) is 0 Å². The minimum Gasteiger partial charge on any atom is -0.293 e. The number of nitrogens with zero attached hydrogens (tertiary/aromatic N) is 3. The zero-order valence-corrected chi connectivity index (χ0v) is 15.3. The van der Waals surface area contributed by atoms with Crippen LogP contribution in [0.4, 0.5) is 8.78 Å². The van der Waals surface area contributed by atoms with Crippen LogP contribution >= 0.6 is 11.8 Å². The smallest absolute Gasteiger partial charge is 0.196 e. The number of hydrogen-bond donors (Lipinski definition) is 0. The van der Waals surface area contributed by atoms with Crippen LogP contribution in [-0.4, -0.2) is 25.8 Å². The molecule has 0 N–H and O–H groups in total. The van der Waals surface area contributed by atoms with E-state index in [9.17, 15) is 13.6 Å². The molecule has 4 nitrogen and oxygen atoms in total. The molecular weight excluding hydrogens is 356 g/mol. The molecule has 1 atom stereocenters. The van der Waals surface area contributed by atoms with Gasteiger partial charge in [0.05, 0.1) is 5.25 Å². The predicted molar refractivity (Wildman–Crippen MR) is 96.8 cm³/mol. The molecule has 3 rings (SSSR count). The van der Waals surface area contributed by atoms with Crippen molar-refractivity contribution in [1.82, 2.24) is 14.8 Å². The first-order chi connectivity index (χ1) is 12.4. The lowest BCUT2D eigenvalue weighted by Gasteiger charge is -2.12. The predicted octanol–water partition coefficient (Wildman–Crippen LogP) is 4.53. The SMILES string of the molecule is Cc1ccc(-n2c(C)nnc2S[C@@H](C)C(=O)c2ccc(F)c(F)c2)cc1. The molecule has 26 heavy (non-hydrogen) atoms. The maximum absolute atomic E-state index is 13.4. The van der Waals surface area contributed by atoms with Gasteiger partial charge in [0.25, 0.3) is 0 Å². The van der Waals surface area contributed by atoms with Crippen molar-refractivity contribution in [3.63, 3.8) is 0 Å². The summed E-state index contributed by atoms with van der Waals surface area (Å²) in [6.07, 6.45) is 0. The van der Waals surface area contributed by atoms with E-state index in [4.69, 9.17) is 0 Å². The monoisotopic (exact) mass is 373 g/mol. The van der Waals surface area contributed by atoms with E-state index >= 15 is 0 Å². The minimum atomic E-state index is -1.04. The third kappa shape index (κ3) is 3.67. The Labute approximate surface area is 154 Å². The molecule has 0 amide bonds. The van der Waals surface area contributed by atoms with Gasteiger partial charge in [-0.15, -0.1) is 10.2 Å². The molecule has 0 spiro atoms. The van der Waals surface area contributed by atoms with Gasteiger partial charge in [0.15, 0.2) is 22.6 Å². The molecule has 0 unspecified atom stereocenters. The summed E-state index contributed by atoms with van der Waals surface area (Å²) in [5.74, 6) is -1.61. The maximum Gasteiger partial charge on any atom is 0.196 e. The van der Waals surface area contributed by atoms with E-state index < -0.39 is 16.9 Å². The Balaban J connectivity index is 1.86. The number of carbonyl (C=O) groups excluding carboxylic acids is 1. The Morgan fingerprint density at radius 2 is 1.73 bits per heavy atom. The van der Waals surface area contributed by atoms with Crippen LogP contribution in [0.25, 0.3) is 5.69 Å². The summed E-state index contributed by atoms with van der Waals surface area (Å²) in [5, 5.41) is 8.28. The third-order valence-corrected chi connectivity index (χ3v) is 4.99. The van der Waals surface area contributed by atoms with Gasteiger partial charge in [-0.05, 0) is 51.1 Å². The number of aromatic nitrogens is 3. The lowest BCUT2D eigenvalue weighted by Crippen LogP contribution is -2.15. The van der Waals surface area contributed by atoms with Gasteiger partial charge in [0.2, 0.25) is 0 Å². The molecule has 2 aromatic carbocycles. The highest BCUT2D eigenvalue weighted by atomic mass is 32.2. The van der Waals surface area contributed by atoms with Crippen molar-refractivity contribution >= 4 is 17.5 Å². The Morgan fingerprint density at radius 3 is 2.38 bits per heavy atom. The normalized spacial score (nSPS) is 12.2. The number of hydrogen-bond acceptors (Lipinski definition) is 4. The molecule has 0 radical (unpaired) electrons. The van der Waals surface area contributed by atoms with E-state index in [1.807, 2.05) is 42.7 Å². The van der Waals surface area contributed by atoms with Crippen LogP contribution < -0.4 is 0 Å². The average Bonchev–Trinajstić information content (AvgIpc) is 2.98. The summed E-state index contributed by atoms with van der Waals surface area (Å²) in [5.41, 5.74) is 2.16. The first kappa shape index (κ1) is 18.3. The highest BCUT2D eigenvalue weighted by Gasteiger charge is 2.22. The number of ketones is 1. The fourth-order valence-electron chi connectivity index (χ4n) is 2.51. The average molecular weight is 373 g/mol. The van der Waals surface area contributed by atoms with Crippen molar-refractivity contribution < 1.29 is 13.6 Å². The summed E-state index contributed by atoms with van der Waals surface area (Å²) < 4.78 is 28.3. The number of thioether (sulfide) groups is 1. The van der Waals surface area contributed by atoms with Gasteiger partial charge in [-0.3, -0.25) is 9.36 Å². The number of Topliss-reactive ketones (excluding diaryl/α,β-unsaturated/α-hetero) is 1.